The largest absolute Gasteiger partial charge is 0.294 e. The van der Waals surface area contributed by atoms with Crippen molar-refractivity contribution >= 4 is 9.84 Å². The highest BCUT2D eigenvalue weighted by Gasteiger charge is 2.05. The van der Waals surface area contributed by atoms with Crippen LogP contribution >= 0.6 is 0 Å². The van der Waals surface area contributed by atoms with Gasteiger partial charge in [0.05, 0.1) is 12.3 Å². The topological polar surface area (TPSA) is 37.4 Å². The van der Waals surface area contributed by atoms with Crippen LogP contribution in [0.3, 0.4) is 0 Å². The highest BCUT2D eigenvalue weighted by atomic mass is 32.2. The summed E-state index contributed by atoms with van der Waals surface area (Å²) < 4.78 is 21.8. The highest BCUT2D eigenvalue weighted by molar-refractivity contribution is 7.90. The average Bonchev–Trinajstić information content (AvgIpc) is 1.97. The molecule has 0 heterocycles. The van der Waals surface area contributed by atoms with Gasteiger partial charge in [0.1, 0.15) is 9.84 Å². The lowest BCUT2D eigenvalue weighted by molar-refractivity contribution is 0.397. The molecule has 88 valence electrons. The first-order valence-corrected chi connectivity index (χ1v) is 7.02. The highest BCUT2D eigenvalue weighted by Crippen LogP contribution is 2.09. The summed E-state index contributed by atoms with van der Waals surface area (Å²) in [6, 6.07) is 0. The van der Waals surface area contributed by atoms with Crippen LogP contribution < -0.4 is 0 Å². The Bertz CT molecular complexity index is 341. The molecule has 4 heteroatoms. The Balaban J connectivity index is 3.95. The zero-order chi connectivity index (χ0) is 12.1. The average molecular weight is 231 g/mol. The van der Waals surface area contributed by atoms with E-state index in [0.29, 0.717) is 13.1 Å². The molecule has 0 saturated carbocycles. The number of nitrogens with zero attached hydrogens (tertiary/aromatic N) is 1. The molecule has 0 bridgehead atoms. The molecule has 0 aromatic rings. The van der Waals surface area contributed by atoms with Crippen molar-refractivity contribution in [3.05, 3.63) is 0 Å². The Morgan fingerprint density at radius 1 is 1.27 bits per heavy atom. The standard InChI is InChI=1S/C11H21NO2S/c1-11(2,3)7-6-8-12(4)9-10-15(5,13)14/h8-10H2,1-5H3. The second-order valence-corrected chi connectivity index (χ2v) is 7.18. The van der Waals surface area contributed by atoms with Gasteiger partial charge in [-0.2, -0.15) is 0 Å². The van der Waals surface area contributed by atoms with Crippen molar-refractivity contribution in [3.8, 4) is 11.8 Å². The van der Waals surface area contributed by atoms with E-state index in [1.807, 2.05) is 11.9 Å². The van der Waals surface area contributed by atoms with Crippen LogP contribution in [0.2, 0.25) is 0 Å². The summed E-state index contributed by atoms with van der Waals surface area (Å²) in [6.45, 7) is 7.31. The van der Waals surface area contributed by atoms with Crippen molar-refractivity contribution in [2.75, 3.05) is 32.1 Å². The van der Waals surface area contributed by atoms with Crippen molar-refractivity contribution in [2.45, 2.75) is 20.8 Å². The molecule has 0 atom stereocenters. The second-order valence-electron chi connectivity index (χ2n) is 4.92. The third-order valence-corrected chi connectivity index (χ3v) is 2.58. The minimum Gasteiger partial charge on any atom is -0.294 e. The summed E-state index contributed by atoms with van der Waals surface area (Å²) in [4.78, 5) is 1.92. The van der Waals surface area contributed by atoms with Crippen LogP contribution in [0.5, 0.6) is 0 Å². The van der Waals surface area contributed by atoms with Gasteiger partial charge in [0.2, 0.25) is 0 Å². The monoisotopic (exact) mass is 231 g/mol. The Kier molecular flexibility index (Phi) is 5.33. The molecule has 0 unspecified atom stereocenters. The lowest BCUT2D eigenvalue weighted by atomic mass is 9.98. The molecule has 0 aliphatic rings. The minimum atomic E-state index is -2.86. The van der Waals surface area contributed by atoms with Gasteiger partial charge in [-0.3, -0.25) is 4.90 Å². The maximum atomic E-state index is 10.9. The van der Waals surface area contributed by atoms with Gasteiger partial charge in [-0.1, -0.05) is 11.8 Å². The number of sulfone groups is 1. The molecule has 3 nitrogen and oxygen atoms in total. The molecule has 0 aliphatic heterocycles. The van der Waals surface area contributed by atoms with E-state index in [1.165, 1.54) is 6.26 Å². The molecule has 0 aromatic heterocycles. The van der Waals surface area contributed by atoms with Crippen molar-refractivity contribution < 1.29 is 8.42 Å². The second kappa shape index (κ2) is 5.53. The molecule has 0 rings (SSSR count). The SMILES string of the molecule is CN(CC#CC(C)(C)C)CCS(C)(=O)=O. The molecule has 0 aromatic carbocycles. The summed E-state index contributed by atoms with van der Waals surface area (Å²) in [6.07, 6.45) is 1.25. The smallest absolute Gasteiger partial charge is 0.148 e. The fourth-order valence-corrected chi connectivity index (χ4v) is 1.48. The summed E-state index contributed by atoms with van der Waals surface area (Å²) in [5, 5.41) is 0. The van der Waals surface area contributed by atoms with Gasteiger partial charge in [0.15, 0.2) is 0 Å². The number of rotatable bonds is 4. The summed E-state index contributed by atoms with van der Waals surface area (Å²) in [5.74, 6) is 6.35. The fraction of sp³-hybridized carbons (Fsp3) is 0.818. The van der Waals surface area contributed by atoms with E-state index in [0.717, 1.165) is 0 Å². The normalized spacial score (nSPS) is 12.4. The summed E-state index contributed by atoms with van der Waals surface area (Å²) in [7, 11) is -0.985. The Labute approximate surface area is 93.8 Å². The van der Waals surface area contributed by atoms with Gasteiger partial charge in [0.25, 0.3) is 0 Å². The van der Waals surface area contributed by atoms with Gasteiger partial charge >= 0.3 is 0 Å². The van der Waals surface area contributed by atoms with Gasteiger partial charge < -0.3 is 0 Å². The van der Waals surface area contributed by atoms with E-state index >= 15 is 0 Å². The first-order valence-electron chi connectivity index (χ1n) is 4.96. The number of hydrogen-bond acceptors (Lipinski definition) is 3. The van der Waals surface area contributed by atoms with Crippen molar-refractivity contribution in [3.63, 3.8) is 0 Å². The van der Waals surface area contributed by atoms with E-state index in [2.05, 4.69) is 32.6 Å². The lowest BCUT2D eigenvalue weighted by Crippen LogP contribution is -2.25. The Morgan fingerprint density at radius 3 is 2.20 bits per heavy atom. The molecule has 0 amide bonds. The summed E-state index contributed by atoms with van der Waals surface area (Å²) in [5.41, 5.74) is 0.0116. The predicted molar refractivity (Wildman–Crippen MR) is 64.4 cm³/mol. The van der Waals surface area contributed by atoms with Crippen LogP contribution in [-0.2, 0) is 9.84 Å². The van der Waals surface area contributed by atoms with Crippen LogP contribution in [-0.4, -0.2) is 45.5 Å². The van der Waals surface area contributed by atoms with Gasteiger partial charge in [-0.15, -0.1) is 0 Å². The maximum Gasteiger partial charge on any atom is 0.148 e. The first kappa shape index (κ1) is 14.5. The molecule has 0 radical (unpaired) electrons. The van der Waals surface area contributed by atoms with Crippen molar-refractivity contribution in [1.82, 2.24) is 4.90 Å². The van der Waals surface area contributed by atoms with Gasteiger partial charge in [-0.25, -0.2) is 8.42 Å². The van der Waals surface area contributed by atoms with Crippen LogP contribution in [0.1, 0.15) is 20.8 Å². The first-order chi connectivity index (χ1) is 6.60. The van der Waals surface area contributed by atoms with Gasteiger partial charge in [0, 0.05) is 18.2 Å². The van der Waals surface area contributed by atoms with Crippen molar-refractivity contribution in [1.29, 1.82) is 0 Å². The van der Waals surface area contributed by atoms with E-state index in [-0.39, 0.29) is 11.2 Å². The minimum absolute atomic E-state index is 0.0116. The third-order valence-electron chi connectivity index (χ3n) is 1.66. The van der Waals surface area contributed by atoms with Crippen LogP contribution in [0.15, 0.2) is 0 Å². The third kappa shape index (κ3) is 11.4. The molecule has 15 heavy (non-hydrogen) atoms. The zero-order valence-electron chi connectivity index (χ0n) is 10.3. The number of hydrogen-bond donors (Lipinski definition) is 0. The molecule has 0 spiro atoms. The molecule has 0 saturated heterocycles. The quantitative estimate of drug-likeness (QED) is 0.678. The molecule has 0 fully saturated rings. The molecule has 0 aliphatic carbocycles. The van der Waals surface area contributed by atoms with Gasteiger partial charge in [-0.05, 0) is 27.8 Å². The van der Waals surface area contributed by atoms with E-state index < -0.39 is 9.84 Å². The van der Waals surface area contributed by atoms with E-state index in [9.17, 15) is 8.42 Å². The fourth-order valence-electron chi connectivity index (χ4n) is 0.840. The summed E-state index contributed by atoms with van der Waals surface area (Å²) >= 11 is 0. The zero-order valence-corrected chi connectivity index (χ0v) is 11.1. The lowest BCUT2D eigenvalue weighted by Gasteiger charge is -2.12. The molecular weight excluding hydrogens is 210 g/mol. The van der Waals surface area contributed by atoms with Crippen molar-refractivity contribution in [2.24, 2.45) is 5.41 Å². The van der Waals surface area contributed by atoms with Crippen LogP contribution in [0, 0.1) is 17.3 Å². The maximum absolute atomic E-state index is 10.9. The molecular formula is C11H21NO2S. The predicted octanol–water partition coefficient (Wildman–Crippen LogP) is 1.01. The van der Waals surface area contributed by atoms with Crippen LogP contribution in [0.25, 0.3) is 0 Å². The van der Waals surface area contributed by atoms with Crippen LogP contribution in [0.4, 0.5) is 0 Å². The Hall–Kier alpha value is -0.530. The Morgan fingerprint density at radius 2 is 1.80 bits per heavy atom. The van der Waals surface area contributed by atoms with E-state index in [1.54, 1.807) is 0 Å². The molecule has 0 N–H and O–H groups in total. The van der Waals surface area contributed by atoms with E-state index in [4.69, 9.17) is 0 Å².